The molecule has 17 heavy (non-hydrogen) atoms. The third-order valence-corrected chi connectivity index (χ3v) is 3.66. The molecule has 3 nitrogen and oxygen atoms in total. The molecule has 0 aliphatic carbocycles. The van der Waals surface area contributed by atoms with E-state index in [1.54, 1.807) is 6.07 Å². The van der Waals surface area contributed by atoms with Crippen molar-refractivity contribution in [3.8, 4) is 0 Å². The molecular formula is C12H13Cl2NO2. The summed E-state index contributed by atoms with van der Waals surface area (Å²) in [6.45, 7) is 0.821. The molecule has 1 aliphatic heterocycles. The predicted octanol–water partition coefficient (Wildman–Crippen LogP) is 3.39. The van der Waals surface area contributed by atoms with Crippen molar-refractivity contribution in [1.82, 2.24) is 0 Å². The summed E-state index contributed by atoms with van der Waals surface area (Å²) in [6, 6.07) is 3.52. The molecular weight excluding hydrogens is 261 g/mol. The third kappa shape index (κ3) is 2.50. The van der Waals surface area contributed by atoms with Crippen LogP contribution in [0.2, 0.25) is 10.0 Å². The molecule has 0 spiro atoms. The average molecular weight is 274 g/mol. The van der Waals surface area contributed by atoms with E-state index in [0.717, 1.165) is 24.2 Å². The van der Waals surface area contributed by atoms with Crippen LogP contribution in [-0.4, -0.2) is 24.7 Å². The van der Waals surface area contributed by atoms with Crippen molar-refractivity contribution >= 4 is 34.9 Å². The quantitative estimate of drug-likeness (QED) is 0.898. The molecule has 1 N–H and O–H groups in total. The Bertz CT molecular complexity index is 462. The molecule has 0 fully saturated rings. The van der Waals surface area contributed by atoms with E-state index < -0.39 is 5.97 Å². The molecule has 1 aliphatic rings. The van der Waals surface area contributed by atoms with Gasteiger partial charge >= 0.3 is 5.97 Å². The Labute approximate surface area is 110 Å². The van der Waals surface area contributed by atoms with Gasteiger partial charge in [-0.1, -0.05) is 23.2 Å². The average Bonchev–Trinajstić information content (AvgIpc) is 2.21. The summed E-state index contributed by atoms with van der Waals surface area (Å²) < 4.78 is 0. The molecule has 0 saturated heterocycles. The number of carbonyl (C=O) groups is 1. The maximum Gasteiger partial charge on any atom is 0.303 e. The van der Waals surface area contributed by atoms with Crippen molar-refractivity contribution in [1.29, 1.82) is 0 Å². The van der Waals surface area contributed by atoms with Crippen LogP contribution in [-0.2, 0) is 4.79 Å². The molecule has 0 saturated carbocycles. The molecule has 2 rings (SSSR count). The Morgan fingerprint density at radius 1 is 1.53 bits per heavy atom. The topological polar surface area (TPSA) is 40.5 Å². The van der Waals surface area contributed by atoms with E-state index in [9.17, 15) is 4.79 Å². The van der Waals surface area contributed by atoms with Crippen LogP contribution in [0, 0.1) is 0 Å². The highest BCUT2D eigenvalue weighted by atomic mass is 35.5. The molecule has 1 heterocycles. The Morgan fingerprint density at radius 3 is 2.88 bits per heavy atom. The zero-order valence-corrected chi connectivity index (χ0v) is 10.9. The van der Waals surface area contributed by atoms with Crippen LogP contribution in [0.4, 0.5) is 5.69 Å². The fourth-order valence-electron chi connectivity index (χ4n) is 2.32. The molecule has 1 unspecified atom stereocenters. The number of hydrogen-bond donors (Lipinski definition) is 1. The van der Waals surface area contributed by atoms with Gasteiger partial charge in [-0.3, -0.25) is 4.79 Å². The van der Waals surface area contributed by atoms with Gasteiger partial charge in [-0.05, 0) is 30.0 Å². The van der Waals surface area contributed by atoms with Crippen molar-refractivity contribution < 1.29 is 9.90 Å². The summed E-state index contributed by atoms with van der Waals surface area (Å²) in [5.41, 5.74) is 1.85. The van der Waals surface area contributed by atoms with Crippen LogP contribution in [0.5, 0.6) is 0 Å². The fraction of sp³-hybridized carbons (Fsp3) is 0.417. The number of nitrogens with zero attached hydrogens (tertiary/aromatic N) is 1. The van der Waals surface area contributed by atoms with Crippen molar-refractivity contribution in [2.75, 3.05) is 18.5 Å². The van der Waals surface area contributed by atoms with Crippen LogP contribution in [0.15, 0.2) is 12.1 Å². The second kappa shape index (κ2) is 4.75. The first-order chi connectivity index (χ1) is 7.99. The first-order valence-corrected chi connectivity index (χ1v) is 6.16. The zero-order chi connectivity index (χ0) is 12.6. The number of fused-ring (bicyclic) bond motifs is 1. The van der Waals surface area contributed by atoms with E-state index in [0.29, 0.717) is 10.0 Å². The Hall–Kier alpha value is -0.930. The van der Waals surface area contributed by atoms with Crippen molar-refractivity contribution in [2.45, 2.75) is 18.8 Å². The molecule has 0 aromatic heterocycles. The Kier molecular flexibility index (Phi) is 3.50. The smallest absolute Gasteiger partial charge is 0.303 e. The molecule has 1 aromatic rings. The van der Waals surface area contributed by atoms with E-state index in [1.807, 2.05) is 13.1 Å². The largest absolute Gasteiger partial charge is 0.481 e. The molecule has 1 aromatic carbocycles. The number of carboxylic acids is 1. The lowest BCUT2D eigenvalue weighted by atomic mass is 9.87. The lowest BCUT2D eigenvalue weighted by Gasteiger charge is -2.33. The highest BCUT2D eigenvalue weighted by molar-refractivity contribution is 6.35. The number of rotatable bonds is 2. The lowest BCUT2D eigenvalue weighted by Crippen LogP contribution is -2.28. The standard InChI is InChI=1S/C12H13Cl2NO2/c1-15-3-2-7(4-11(16)17)12-9(14)5-8(13)6-10(12)15/h5-7H,2-4H2,1H3,(H,16,17). The minimum atomic E-state index is -0.795. The second-order valence-corrected chi connectivity index (χ2v) is 5.17. The van der Waals surface area contributed by atoms with Crippen LogP contribution in [0.3, 0.4) is 0 Å². The summed E-state index contributed by atoms with van der Waals surface area (Å²) in [5, 5.41) is 10.1. The SMILES string of the molecule is CN1CCC(CC(=O)O)c2c(Cl)cc(Cl)cc21. The molecule has 0 radical (unpaired) electrons. The summed E-state index contributed by atoms with van der Waals surface area (Å²) in [4.78, 5) is 12.9. The van der Waals surface area contributed by atoms with Crippen LogP contribution < -0.4 is 4.90 Å². The monoisotopic (exact) mass is 273 g/mol. The summed E-state index contributed by atoms with van der Waals surface area (Å²) in [5.74, 6) is -0.819. The third-order valence-electron chi connectivity index (χ3n) is 3.13. The first-order valence-electron chi connectivity index (χ1n) is 5.41. The summed E-state index contributed by atoms with van der Waals surface area (Å²) in [6.07, 6.45) is 0.916. The van der Waals surface area contributed by atoms with E-state index >= 15 is 0 Å². The minimum absolute atomic E-state index is 0.0246. The summed E-state index contributed by atoms with van der Waals surface area (Å²) in [7, 11) is 1.96. The van der Waals surface area contributed by atoms with E-state index in [2.05, 4.69) is 4.90 Å². The highest BCUT2D eigenvalue weighted by Crippen LogP contribution is 2.42. The molecule has 0 bridgehead atoms. The normalized spacial score (nSPS) is 19.0. The highest BCUT2D eigenvalue weighted by Gasteiger charge is 2.27. The Morgan fingerprint density at radius 2 is 2.24 bits per heavy atom. The van der Waals surface area contributed by atoms with Crippen LogP contribution in [0.1, 0.15) is 24.3 Å². The predicted molar refractivity (Wildman–Crippen MR) is 69.3 cm³/mol. The van der Waals surface area contributed by atoms with Gasteiger partial charge in [0.05, 0.1) is 6.42 Å². The van der Waals surface area contributed by atoms with E-state index in [4.69, 9.17) is 28.3 Å². The number of halogens is 2. The van der Waals surface area contributed by atoms with Crippen LogP contribution in [0.25, 0.3) is 0 Å². The molecule has 0 amide bonds. The van der Waals surface area contributed by atoms with Gasteiger partial charge in [0.25, 0.3) is 0 Å². The first kappa shape index (κ1) is 12.5. The van der Waals surface area contributed by atoms with Crippen molar-refractivity contribution in [2.24, 2.45) is 0 Å². The lowest BCUT2D eigenvalue weighted by molar-refractivity contribution is -0.137. The second-order valence-electron chi connectivity index (χ2n) is 4.33. The van der Waals surface area contributed by atoms with Gasteiger partial charge in [-0.25, -0.2) is 0 Å². The van der Waals surface area contributed by atoms with Gasteiger partial charge < -0.3 is 10.0 Å². The van der Waals surface area contributed by atoms with Gasteiger partial charge in [0, 0.05) is 29.3 Å². The van der Waals surface area contributed by atoms with Crippen LogP contribution >= 0.6 is 23.2 Å². The Balaban J connectivity index is 2.47. The van der Waals surface area contributed by atoms with Gasteiger partial charge in [0.1, 0.15) is 0 Å². The zero-order valence-electron chi connectivity index (χ0n) is 9.41. The number of benzene rings is 1. The number of hydrogen-bond acceptors (Lipinski definition) is 2. The number of anilines is 1. The van der Waals surface area contributed by atoms with Gasteiger partial charge in [-0.15, -0.1) is 0 Å². The summed E-state index contributed by atoms with van der Waals surface area (Å²) >= 11 is 12.2. The van der Waals surface area contributed by atoms with Gasteiger partial charge in [0.2, 0.25) is 0 Å². The van der Waals surface area contributed by atoms with Gasteiger partial charge in [-0.2, -0.15) is 0 Å². The maximum atomic E-state index is 10.9. The number of aliphatic carboxylic acids is 1. The van der Waals surface area contributed by atoms with Crippen molar-refractivity contribution in [3.63, 3.8) is 0 Å². The van der Waals surface area contributed by atoms with Crippen molar-refractivity contribution in [3.05, 3.63) is 27.7 Å². The number of carboxylic acid groups (broad SMARTS) is 1. The van der Waals surface area contributed by atoms with Gasteiger partial charge in [0.15, 0.2) is 0 Å². The molecule has 5 heteroatoms. The van der Waals surface area contributed by atoms with E-state index in [-0.39, 0.29) is 12.3 Å². The fourth-order valence-corrected chi connectivity index (χ4v) is 2.96. The molecule has 1 atom stereocenters. The van der Waals surface area contributed by atoms with E-state index in [1.165, 1.54) is 0 Å². The minimum Gasteiger partial charge on any atom is -0.481 e. The molecule has 92 valence electrons. The maximum absolute atomic E-state index is 10.9.